The normalized spacial score (nSPS) is 12.6. The Morgan fingerprint density at radius 2 is 2.18 bits per heavy atom. The minimum atomic E-state index is -0.570. The maximum Gasteiger partial charge on any atom is 0.0908 e. The molecule has 0 saturated carbocycles. The molecule has 90 valence electrons. The van der Waals surface area contributed by atoms with Gasteiger partial charge in [-0.05, 0) is 24.3 Å². The first-order valence-electron chi connectivity index (χ1n) is 5.23. The van der Waals surface area contributed by atoms with Crippen molar-refractivity contribution in [3.05, 3.63) is 35.5 Å². The first-order chi connectivity index (χ1) is 8.22. The van der Waals surface area contributed by atoms with Crippen LogP contribution in [0.25, 0.3) is 10.9 Å². The predicted octanol–water partition coefficient (Wildman–Crippen LogP) is 2.90. The van der Waals surface area contributed by atoms with Crippen LogP contribution >= 0.6 is 23.2 Å². The number of hydrogen-bond acceptors (Lipinski definition) is 3. The van der Waals surface area contributed by atoms with Crippen molar-refractivity contribution in [2.45, 2.75) is 6.10 Å². The van der Waals surface area contributed by atoms with Crippen LogP contribution in [0.15, 0.2) is 30.5 Å². The number of rotatable bonds is 4. The Hall–Kier alpha value is -1.03. The molecule has 0 spiro atoms. The van der Waals surface area contributed by atoms with Crippen molar-refractivity contribution in [2.24, 2.45) is 0 Å². The molecule has 1 heterocycles. The molecule has 0 aliphatic rings. The van der Waals surface area contributed by atoms with E-state index >= 15 is 0 Å². The Kier molecular flexibility index (Phi) is 4.05. The van der Waals surface area contributed by atoms with Gasteiger partial charge in [0.15, 0.2) is 0 Å². The number of aromatic nitrogens is 1. The molecule has 0 amide bonds. The average molecular weight is 271 g/mol. The molecule has 2 rings (SSSR count). The van der Waals surface area contributed by atoms with Crippen molar-refractivity contribution < 1.29 is 5.11 Å². The molecule has 5 heteroatoms. The van der Waals surface area contributed by atoms with Crippen molar-refractivity contribution in [1.82, 2.24) is 4.98 Å². The molecule has 0 aliphatic carbocycles. The number of aliphatic hydroxyl groups is 1. The largest absolute Gasteiger partial charge is 0.390 e. The maximum absolute atomic E-state index is 9.41. The molecule has 1 aromatic heterocycles. The second kappa shape index (κ2) is 5.54. The topological polar surface area (TPSA) is 45.1 Å². The number of nitrogens with one attached hydrogen (secondary N) is 1. The third-order valence-electron chi connectivity index (χ3n) is 2.43. The van der Waals surface area contributed by atoms with Gasteiger partial charge in [0.25, 0.3) is 0 Å². The Labute approximate surface area is 109 Å². The van der Waals surface area contributed by atoms with Crippen molar-refractivity contribution in [1.29, 1.82) is 0 Å². The summed E-state index contributed by atoms with van der Waals surface area (Å²) < 4.78 is 0. The van der Waals surface area contributed by atoms with Crippen LogP contribution in [0.1, 0.15) is 0 Å². The van der Waals surface area contributed by atoms with Crippen molar-refractivity contribution in [2.75, 3.05) is 17.7 Å². The Bertz CT molecular complexity index is 519. The molecule has 0 bridgehead atoms. The number of fused-ring (bicyclic) bond motifs is 1. The highest BCUT2D eigenvalue weighted by Crippen LogP contribution is 2.27. The number of aliphatic hydroxyl groups excluding tert-OH is 1. The summed E-state index contributed by atoms with van der Waals surface area (Å²) in [4.78, 5) is 4.23. The lowest BCUT2D eigenvalue weighted by molar-refractivity contribution is 0.211. The standard InChI is InChI=1S/C12H12Cl2N2O/c13-6-8(17)7-16-11-4-3-10(14)12-9(11)2-1-5-15-12/h1-5,8,16-17H,6-7H2. The number of nitrogens with zero attached hydrogens (tertiary/aromatic N) is 1. The summed E-state index contributed by atoms with van der Waals surface area (Å²) in [5.41, 5.74) is 1.64. The highest BCUT2D eigenvalue weighted by atomic mass is 35.5. The second-order valence-corrected chi connectivity index (χ2v) is 4.40. The summed E-state index contributed by atoms with van der Waals surface area (Å²) in [5, 5.41) is 14.1. The predicted molar refractivity (Wildman–Crippen MR) is 72.0 cm³/mol. The van der Waals surface area contributed by atoms with Gasteiger partial charge in [-0.25, -0.2) is 0 Å². The molecule has 1 unspecified atom stereocenters. The molecule has 1 aromatic carbocycles. The molecular weight excluding hydrogens is 259 g/mol. The molecule has 3 nitrogen and oxygen atoms in total. The van der Waals surface area contributed by atoms with Gasteiger partial charge >= 0.3 is 0 Å². The highest BCUT2D eigenvalue weighted by Gasteiger charge is 2.07. The summed E-state index contributed by atoms with van der Waals surface area (Å²) in [5.74, 6) is 0.205. The van der Waals surface area contributed by atoms with Gasteiger partial charge in [0, 0.05) is 23.8 Å². The lowest BCUT2D eigenvalue weighted by atomic mass is 10.2. The number of benzene rings is 1. The Morgan fingerprint density at radius 3 is 2.94 bits per heavy atom. The zero-order valence-corrected chi connectivity index (χ0v) is 10.5. The molecule has 17 heavy (non-hydrogen) atoms. The number of pyridine rings is 1. The summed E-state index contributed by atoms with van der Waals surface area (Å²) in [6.45, 7) is 0.398. The van der Waals surface area contributed by atoms with E-state index in [1.807, 2.05) is 18.2 Å². The zero-order chi connectivity index (χ0) is 12.3. The van der Waals surface area contributed by atoms with Gasteiger partial charge in [0.05, 0.1) is 22.5 Å². The minimum Gasteiger partial charge on any atom is -0.390 e. The zero-order valence-electron chi connectivity index (χ0n) is 9.03. The summed E-state index contributed by atoms with van der Waals surface area (Å²) >= 11 is 11.6. The lowest BCUT2D eigenvalue weighted by Gasteiger charge is -2.12. The van der Waals surface area contributed by atoms with Gasteiger partial charge in [-0.15, -0.1) is 11.6 Å². The van der Waals surface area contributed by atoms with E-state index in [4.69, 9.17) is 23.2 Å². The summed E-state index contributed by atoms with van der Waals surface area (Å²) in [6.07, 6.45) is 1.13. The van der Waals surface area contributed by atoms with Crippen LogP contribution in [0.2, 0.25) is 5.02 Å². The second-order valence-electron chi connectivity index (χ2n) is 3.68. The SMILES string of the molecule is OC(CCl)CNc1ccc(Cl)c2ncccc12. The third-order valence-corrected chi connectivity index (χ3v) is 3.09. The third kappa shape index (κ3) is 2.80. The van der Waals surface area contributed by atoms with Crippen LogP contribution in [-0.4, -0.2) is 28.6 Å². The minimum absolute atomic E-state index is 0.205. The molecule has 0 aliphatic heterocycles. The van der Waals surface area contributed by atoms with Crippen LogP contribution in [0.4, 0.5) is 5.69 Å². The average Bonchev–Trinajstić information content (AvgIpc) is 2.38. The van der Waals surface area contributed by atoms with Gasteiger partial charge in [0.1, 0.15) is 0 Å². The molecule has 0 radical (unpaired) electrons. The fraction of sp³-hybridized carbons (Fsp3) is 0.250. The van der Waals surface area contributed by atoms with Crippen LogP contribution in [0.3, 0.4) is 0 Å². The molecule has 2 aromatic rings. The molecular formula is C12H12Cl2N2O. The van der Waals surface area contributed by atoms with Crippen LogP contribution in [-0.2, 0) is 0 Å². The van der Waals surface area contributed by atoms with Crippen molar-refractivity contribution in [3.8, 4) is 0 Å². The van der Waals surface area contributed by atoms with E-state index in [0.717, 1.165) is 16.6 Å². The van der Waals surface area contributed by atoms with E-state index < -0.39 is 6.10 Å². The first kappa shape index (κ1) is 12.4. The summed E-state index contributed by atoms with van der Waals surface area (Å²) in [6, 6.07) is 7.44. The van der Waals surface area contributed by atoms with Crippen LogP contribution < -0.4 is 5.32 Å². The fourth-order valence-electron chi connectivity index (χ4n) is 1.57. The van der Waals surface area contributed by atoms with Crippen molar-refractivity contribution in [3.63, 3.8) is 0 Å². The van der Waals surface area contributed by atoms with E-state index in [2.05, 4.69) is 10.3 Å². The smallest absolute Gasteiger partial charge is 0.0908 e. The lowest BCUT2D eigenvalue weighted by Crippen LogP contribution is -2.20. The number of halogens is 2. The maximum atomic E-state index is 9.41. The molecule has 0 saturated heterocycles. The first-order valence-corrected chi connectivity index (χ1v) is 6.14. The Morgan fingerprint density at radius 1 is 1.35 bits per heavy atom. The molecule has 0 fully saturated rings. The van der Waals surface area contributed by atoms with Crippen LogP contribution in [0.5, 0.6) is 0 Å². The van der Waals surface area contributed by atoms with E-state index in [-0.39, 0.29) is 5.88 Å². The van der Waals surface area contributed by atoms with Gasteiger partial charge < -0.3 is 10.4 Å². The van der Waals surface area contributed by atoms with Gasteiger partial charge in [-0.2, -0.15) is 0 Å². The fourth-order valence-corrected chi connectivity index (χ4v) is 1.90. The van der Waals surface area contributed by atoms with Crippen molar-refractivity contribution >= 4 is 39.8 Å². The van der Waals surface area contributed by atoms with Gasteiger partial charge in [0.2, 0.25) is 0 Å². The van der Waals surface area contributed by atoms with E-state index in [0.29, 0.717) is 11.6 Å². The van der Waals surface area contributed by atoms with E-state index in [1.165, 1.54) is 0 Å². The number of alkyl halides is 1. The Balaban J connectivity index is 2.32. The quantitative estimate of drug-likeness (QED) is 0.840. The number of hydrogen-bond donors (Lipinski definition) is 2. The highest BCUT2D eigenvalue weighted by molar-refractivity contribution is 6.35. The molecule has 2 N–H and O–H groups in total. The van der Waals surface area contributed by atoms with Gasteiger partial charge in [-0.1, -0.05) is 11.6 Å². The van der Waals surface area contributed by atoms with Crippen LogP contribution in [0, 0.1) is 0 Å². The van der Waals surface area contributed by atoms with E-state index in [1.54, 1.807) is 12.3 Å². The van der Waals surface area contributed by atoms with Gasteiger partial charge in [-0.3, -0.25) is 4.98 Å². The monoisotopic (exact) mass is 270 g/mol. The number of anilines is 1. The summed E-state index contributed by atoms with van der Waals surface area (Å²) in [7, 11) is 0. The van der Waals surface area contributed by atoms with E-state index in [9.17, 15) is 5.11 Å². The molecule has 1 atom stereocenters.